The first-order chi connectivity index (χ1) is 13.2. The van der Waals surface area contributed by atoms with Gasteiger partial charge in [0.25, 0.3) is 0 Å². The zero-order valence-corrected chi connectivity index (χ0v) is 14.9. The number of allylic oxidation sites excluding steroid dienone is 1. The maximum Gasteiger partial charge on any atom is 0.134 e. The first-order valence-electron chi connectivity index (χ1n) is 8.22. The Balaban J connectivity index is 1.62. The third-order valence-corrected chi connectivity index (χ3v) is 4.84. The van der Waals surface area contributed by atoms with Crippen molar-refractivity contribution < 1.29 is 8.81 Å². The van der Waals surface area contributed by atoms with Crippen LogP contribution in [0.25, 0.3) is 34.2 Å². The molecule has 2 heterocycles. The third-order valence-electron chi connectivity index (χ3n) is 3.97. The van der Waals surface area contributed by atoms with E-state index < -0.39 is 0 Å². The van der Waals surface area contributed by atoms with Gasteiger partial charge in [-0.25, -0.2) is 9.37 Å². The van der Waals surface area contributed by atoms with Gasteiger partial charge in [0.05, 0.1) is 11.3 Å². The molecular weight excluding hydrogens is 359 g/mol. The molecule has 4 aromatic rings. The molecule has 0 aliphatic rings. The maximum absolute atomic E-state index is 13.1. The number of hydrogen-bond acceptors (Lipinski definition) is 4. The summed E-state index contributed by atoms with van der Waals surface area (Å²) in [6, 6.07) is 21.8. The van der Waals surface area contributed by atoms with Gasteiger partial charge in [0.1, 0.15) is 28.4 Å². The molecule has 0 amide bonds. The van der Waals surface area contributed by atoms with E-state index in [1.807, 2.05) is 47.8 Å². The highest BCUT2D eigenvalue weighted by Gasteiger charge is 2.11. The second-order valence-corrected chi connectivity index (χ2v) is 6.64. The van der Waals surface area contributed by atoms with E-state index in [0.29, 0.717) is 22.0 Å². The number of benzene rings is 2. The van der Waals surface area contributed by atoms with E-state index in [0.717, 1.165) is 16.9 Å². The van der Waals surface area contributed by atoms with Crippen molar-refractivity contribution in [2.75, 3.05) is 0 Å². The quantitative estimate of drug-likeness (QED) is 0.397. The molecule has 130 valence electrons. The number of furan rings is 1. The van der Waals surface area contributed by atoms with Crippen LogP contribution in [-0.2, 0) is 0 Å². The number of rotatable bonds is 4. The molecule has 2 aromatic carbocycles. The molecular formula is C22H13FN2OS. The minimum atomic E-state index is -0.293. The van der Waals surface area contributed by atoms with Crippen molar-refractivity contribution in [3.05, 3.63) is 88.7 Å². The van der Waals surface area contributed by atoms with Gasteiger partial charge in [-0.2, -0.15) is 5.26 Å². The predicted molar refractivity (Wildman–Crippen MR) is 105 cm³/mol. The maximum atomic E-state index is 13.1. The second kappa shape index (κ2) is 7.40. The summed E-state index contributed by atoms with van der Waals surface area (Å²) < 4.78 is 18.9. The number of hydrogen-bond donors (Lipinski definition) is 0. The van der Waals surface area contributed by atoms with Crippen LogP contribution in [0.4, 0.5) is 4.39 Å². The van der Waals surface area contributed by atoms with Gasteiger partial charge in [0.15, 0.2) is 0 Å². The van der Waals surface area contributed by atoms with Crippen molar-refractivity contribution in [1.82, 2.24) is 4.98 Å². The fourth-order valence-electron chi connectivity index (χ4n) is 2.62. The first-order valence-corrected chi connectivity index (χ1v) is 9.10. The molecule has 0 saturated heterocycles. The highest BCUT2D eigenvalue weighted by atomic mass is 32.1. The van der Waals surface area contributed by atoms with Crippen molar-refractivity contribution in [3.63, 3.8) is 0 Å². The van der Waals surface area contributed by atoms with Crippen LogP contribution in [0.1, 0.15) is 10.8 Å². The number of aromatic nitrogens is 1. The van der Waals surface area contributed by atoms with Crippen molar-refractivity contribution in [2.45, 2.75) is 0 Å². The molecule has 0 aliphatic carbocycles. The average molecular weight is 372 g/mol. The number of nitriles is 1. The van der Waals surface area contributed by atoms with Gasteiger partial charge in [-0.15, -0.1) is 11.3 Å². The Labute approximate surface area is 159 Å². The standard InChI is InChI=1S/C22H13FN2OS/c23-18-8-6-15(7-9-18)20-14-27-22(25-20)17(13-24)12-19-10-11-21(26-19)16-4-2-1-3-5-16/h1-12,14H/b17-12+. The Morgan fingerprint density at radius 1 is 1.00 bits per heavy atom. The highest BCUT2D eigenvalue weighted by Crippen LogP contribution is 2.29. The van der Waals surface area contributed by atoms with Gasteiger partial charge in [0.2, 0.25) is 0 Å². The molecule has 4 rings (SSSR count). The van der Waals surface area contributed by atoms with Gasteiger partial charge in [-0.1, -0.05) is 30.3 Å². The molecule has 3 nitrogen and oxygen atoms in total. The van der Waals surface area contributed by atoms with Crippen LogP contribution in [0.2, 0.25) is 0 Å². The Morgan fingerprint density at radius 2 is 1.78 bits per heavy atom. The lowest BCUT2D eigenvalue weighted by atomic mass is 10.2. The number of halogens is 1. The van der Waals surface area contributed by atoms with Crippen molar-refractivity contribution in [3.8, 4) is 28.7 Å². The first kappa shape index (κ1) is 17.0. The van der Waals surface area contributed by atoms with Crippen LogP contribution in [0.5, 0.6) is 0 Å². The summed E-state index contributed by atoms with van der Waals surface area (Å²) >= 11 is 1.37. The molecule has 5 heteroatoms. The van der Waals surface area contributed by atoms with Gasteiger partial charge in [-0.05, 0) is 36.4 Å². The molecule has 0 fully saturated rings. The molecule has 0 saturated carbocycles. The Kier molecular flexibility index (Phi) is 4.65. The largest absolute Gasteiger partial charge is 0.457 e. The fraction of sp³-hybridized carbons (Fsp3) is 0. The molecule has 2 aromatic heterocycles. The zero-order chi connectivity index (χ0) is 18.6. The lowest BCUT2D eigenvalue weighted by Crippen LogP contribution is -1.83. The van der Waals surface area contributed by atoms with Crippen LogP contribution in [0.15, 0.2) is 76.5 Å². The summed E-state index contributed by atoms with van der Waals surface area (Å²) in [5.74, 6) is 1.04. The van der Waals surface area contributed by atoms with E-state index in [1.54, 1.807) is 18.2 Å². The molecule has 0 spiro atoms. The summed E-state index contributed by atoms with van der Waals surface area (Å²) in [5, 5.41) is 12.0. The van der Waals surface area contributed by atoms with E-state index in [-0.39, 0.29) is 5.82 Å². The van der Waals surface area contributed by atoms with E-state index >= 15 is 0 Å². The van der Waals surface area contributed by atoms with Crippen molar-refractivity contribution in [1.29, 1.82) is 5.26 Å². The smallest absolute Gasteiger partial charge is 0.134 e. The molecule has 0 aliphatic heterocycles. The zero-order valence-electron chi connectivity index (χ0n) is 14.1. The number of nitrogens with zero attached hydrogens (tertiary/aromatic N) is 2. The summed E-state index contributed by atoms with van der Waals surface area (Å²) in [6.45, 7) is 0. The highest BCUT2D eigenvalue weighted by molar-refractivity contribution is 7.11. The number of thiazole rings is 1. The van der Waals surface area contributed by atoms with Gasteiger partial charge < -0.3 is 4.42 Å². The van der Waals surface area contributed by atoms with Crippen LogP contribution in [-0.4, -0.2) is 4.98 Å². The van der Waals surface area contributed by atoms with Crippen molar-refractivity contribution in [2.24, 2.45) is 0 Å². The summed E-state index contributed by atoms with van der Waals surface area (Å²) in [6.07, 6.45) is 1.68. The minimum absolute atomic E-state index is 0.293. The second-order valence-electron chi connectivity index (χ2n) is 5.78. The molecule has 0 unspecified atom stereocenters. The molecule has 0 radical (unpaired) electrons. The Morgan fingerprint density at radius 3 is 2.52 bits per heavy atom. The van der Waals surface area contributed by atoms with Crippen LogP contribution >= 0.6 is 11.3 Å². The minimum Gasteiger partial charge on any atom is -0.457 e. The van der Waals surface area contributed by atoms with Crippen LogP contribution < -0.4 is 0 Å². The van der Waals surface area contributed by atoms with Crippen LogP contribution in [0.3, 0.4) is 0 Å². The van der Waals surface area contributed by atoms with E-state index in [9.17, 15) is 9.65 Å². The Hall–Kier alpha value is -3.49. The average Bonchev–Trinajstić information content (AvgIpc) is 3.37. The monoisotopic (exact) mass is 372 g/mol. The topological polar surface area (TPSA) is 49.8 Å². The predicted octanol–water partition coefficient (Wildman–Crippen LogP) is 6.27. The fourth-order valence-corrected chi connectivity index (χ4v) is 3.42. The van der Waals surface area contributed by atoms with Gasteiger partial charge in [-0.3, -0.25) is 0 Å². The van der Waals surface area contributed by atoms with E-state index in [4.69, 9.17) is 4.42 Å². The summed E-state index contributed by atoms with van der Waals surface area (Å²) in [7, 11) is 0. The van der Waals surface area contributed by atoms with E-state index in [2.05, 4.69) is 11.1 Å². The summed E-state index contributed by atoms with van der Waals surface area (Å²) in [5.41, 5.74) is 2.91. The molecule has 0 atom stereocenters. The van der Waals surface area contributed by atoms with Gasteiger partial charge in [0, 0.05) is 22.6 Å². The summed E-state index contributed by atoms with van der Waals surface area (Å²) in [4.78, 5) is 4.51. The third kappa shape index (κ3) is 3.71. The lowest BCUT2D eigenvalue weighted by Gasteiger charge is -1.96. The normalized spacial score (nSPS) is 11.3. The van der Waals surface area contributed by atoms with Crippen molar-refractivity contribution >= 4 is 23.0 Å². The molecule has 0 N–H and O–H groups in total. The molecule has 27 heavy (non-hydrogen) atoms. The molecule has 0 bridgehead atoms. The van der Waals surface area contributed by atoms with E-state index in [1.165, 1.54) is 23.5 Å². The SMILES string of the molecule is N#C/C(=C\c1ccc(-c2ccccc2)o1)c1nc(-c2ccc(F)cc2)cs1. The van der Waals surface area contributed by atoms with Gasteiger partial charge >= 0.3 is 0 Å². The van der Waals surface area contributed by atoms with Crippen LogP contribution in [0, 0.1) is 17.1 Å². The lowest BCUT2D eigenvalue weighted by molar-refractivity contribution is 0.572. The Bertz CT molecular complexity index is 1140.